The van der Waals surface area contributed by atoms with Gasteiger partial charge in [-0.2, -0.15) is 0 Å². The topological polar surface area (TPSA) is 21.3 Å². The molecular formula is C13H18ClNO. The van der Waals surface area contributed by atoms with Crippen molar-refractivity contribution in [2.75, 3.05) is 20.2 Å². The minimum absolute atomic E-state index is 0.640. The zero-order valence-corrected chi connectivity index (χ0v) is 10.4. The van der Waals surface area contributed by atoms with Crippen LogP contribution in [0.4, 0.5) is 0 Å². The predicted molar refractivity (Wildman–Crippen MR) is 67.5 cm³/mol. The van der Waals surface area contributed by atoms with Crippen molar-refractivity contribution in [3.05, 3.63) is 28.8 Å². The molecule has 0 amide bonds. The summed E-state index contributed by atoms with van der Waals surface area (Å²) in [4.78, 5) is 0. The molecule has 0 aromatic heterocycles. The summed E-state index contributed by atoms with van der Waals surface area (Å²) in [6.07, 6.45) is 3.69. The van der Waals surface area contributed by atoms with Crippen LogP contribution in [-0.2, 0) is 0 Å². The normalized spacial score (nSPS) is 21.5. The Labute approximate surface area is 102 Å². The number of methoxy groups -OCH3 is 1. The lowest BCUT2D eigenvalue weighted by molar-refractivity contribution is 0.413. The minimum atomic E-state index is 0.640. The van der Waals surface area contributed by atoms with E-state index in [-0.39, 0.29) is 0 Å². The van der Waals surface area contributed by atoms with Crippen LogP contribution in [0.3, 0.4) is 0 Å². The van der Waals surface area contributed by atoms with Crippen LogP contribution in [0.5, 0.6) is 5.75 Å². The van der Waals surface area contributed by atoms with Crippen molar-refractivity contribution in [3.8, 4) is 5.75 Å². The molecule has 0 spiro atoms. The molecule has 1 aromatic rings. The molecule has 1 saturated heterocycles. The zero-order valence-electron chi connectivity index (χ0n) is 9.63. The Morgan fingerprint density at radius 3 is 3.00 bits per heavy atom. The van der Waals surface area contributed by atoms with Crippen molar-refractivity contribution in [3.63, 3.8) is 0 Å². The van der Waals surface area contributed by atoms with Gasteiger partial charge in [0.15, 0.2) is 0 Å². The summed E-state index contributed by atoms with van der Waals surface area (Å²) in [5.74, 6) is 1.43. The van der Waals surface area contributed by atoms with Gasteiger partial charge in [0.05, 0.1) is 12.1 Å². The highest BCUT2D eigenvalue weighted by Crippen LogP contribution is 2.32. The number of benzene rings is 1. The van der Waals surface area contributed by atoms with Gasteiger partial charge in [-0.15, -0.1) is 0 Å². The van der Waals surface area contributed by atoms with Crippen LogP contribution in [0.25, 0.3) is 0 Å². The van der Waals surface area contributed by atoms with Gasteiger partial charge < -0.3 is 10.1 Å². The first kappa shape index (κ1) is 11.7. The van der Waals surface area contributed by atoms with Gasteiger partial charge >= 0.3 is 0 Å². The van der Waals surface area contributed by atoms with Gasteiger partial charge in [-0.3, -0.25) is 0 Å². The van der Waals surface area contributed by atoms with Crippen molar-refractivity contribution in [2.45, 2.75) is 25.2 Å². The van der Waals surface area contributed by atoms with Crippen LogP contribution in [-0.4, -0.2) is 20.2 Å². The van der Waals surface area contributed by atoms with E-state index in [1.54, 1.807) is 7.11 Å². The monoisotopic (exact) mass is 239 g/mol. The lowest BCUT2D eigenvalue weighted by Gasteiger charge is -2.15. The van der Waals surface area contributed by atoms with Crippen LogP contribution < -0.4 is 10.1 Å². The van der Waals surface area contributed by atoms with Crippen molar-refractivity contribution in [2.24, 2.45) is 0 Å². The Balaban J connectivity index is 2.18. The Hall–Kier alpha value is -0.730. The number of halogens is 1. The molecule has 1 N–H and O–H groups in total. The number of hydrogen-bond donors (Lipinski definition) is 1. The second-order valence-electron chi connectivity index (χ2n) is 4.27. The van der Waals surface area contributed by atoms with Crippen LogP contribution in [0, 0.1) is 0 Å². The predicted octanol–water partition coefficient (Wildman–Crippen LogP) is 3.21. The van der Waals surface area contributed by atoms with E-state index >= 15 is 0 Å². The second-order valence-corrected chi connectivity index (χ2v) is 4.68. The third kappa shape index (κ3) is 2.69. The average molecular weight is 240 g/mol. The first-order valence-electron chi connectivity index (χ1n) is 5.85. The van der Waals surface area contributed by atoms with Crippen molar-refractivity contribution >= 4 is 11.6 Å². The molecule has 1 aliphatic rings. The first-order valence-corrected chi connectivity index (χ1v) is 6.23. The van der Waals surface area contributed by atoms with Gasteiger partial charge in [0.25, 0.3) is 0 Å². The molecule has 88 valence electrons. The van der Waals surface area contributed by atoms with Gasteiger partial charge in [0, 0.05) is 0 Å². The Morgan fingerprint density at radius 1 is 1.31 bits per heavy atom. The maximum Gasteiger partial charge on any atom is 0.137 e. The van der Waals surface area contributed by atoms with Crippen molar-refractivity contribution in [1.29, 1.82) is 0 Å². The van der Waals surface area contributed by atoms with Gasteiger partial charge in [-0.05, 0) is 56.0 Å². The fourth-order valence-electron chi connectivity index (χ4n) is 2.28. The molecule has 16 heavy (non-hydrogen) atoms. The molecule has 0 aliphatic carbocycles. The molecular weight excluding hydrogens is 222 g/mol. The molecule has 1 fully saturated rings. The lowest BCUT2D eigenvalue weighted by atomic mass is 9.92. The smallest absolute Gasteiger partial charge is 0.137 e. The summed E-state index contributed by atoms with van der Waals surface area (Å²) in [6, 6.07) is 6.15. The summed E-state index contributed by atoms with van der Waals surface area (Å²) in [7, 11) is 1.67. The van der Waals surface area contributed by atoms with Crippen LogP contribution in [0.15, 0.2) is 18.2 Å². The van der Waals surface area contributed by atoms with Gasteiger partial charge in [-0.1, -0.05) is 17.7 Å². The van der Waals surface area contributed by atoms with E-state index < -0.39 is 0 Å². The first-order chi connectivity index (χ1) is 7.81. The highest BCUT2D eigenvalue weighted by atomic mass is 35.5. The molecule has 1 aromatic carbocycles. The summed E-state index contributed by atoms with van der Waals surface area (Å²) >= 11 is 6.03. The quantitative estimate of drug-likeness (QED) is 0.856. The lowest BCUT2D eigenvalue weighted by Crippen LogP contribution is -2.13. The van der Waals surface area contributed by atoms with Crippen LogP contribution >= 0.6 is 11.6 Å². The minimum Gasteiger partial charge on any atom is -0.495 e. The molecule has 3 heteroatoms. The number of ether oxygens (including phenoxy) is 1. The largest absolute Gasteiger partial charge is 0.495 e. The third-order valence-corrected chi connectivity index (χ3v) is 3.53. The molecule has 1 aliphatic heterocycles. The van der Waals surface area contributed by atoms with E-state index in [0.717, 1.165) is 18.8 Å². The summed E-state index contributed by atoms with van der Waals surface area (Å²) in [5.41, 5.74) is 1.35. The molecule has 1 atom stereocenters. The average Bonchev–Trinajstić information content (AvgIpc) is 2.58. The maximum atomic E-state index is 6.03. The summed E-state index contributed by atoms with van der Waals surface area (Å²) in [5, 5.41) is 4.12. The second kappa shape index (κ2) is 5.55. The van der Waals surface area contributed by atoms with Gasteiger partial charge in [0.1, 0.15) is 5.75 Å². The van der Waals surface area contributed by atoms with Crippen molar-refractivity contribution in [1.82, 2.24) is 5.32 Å². The van der Waals surface area contributed by atoms with E-state index in [1.807, 2.05) is 6.07 Å². The Morgan fingerprint density at radius 2 is 2.19 bits per heavy atom. The fourth-order valence-corrected chi connectivity index (χ4v) is 2.48. The molecule has 2 rings (SSSR count). The standard InChI is InChI=1S/C13H18ClNO/c1-16-13-9-11(4-5-12(13)14)10-3-2-7-15-8-6-10/h4-5,9-10,15H,2-3,6-8H2,1H3. The number of nitrogens with one attached hydrogen (secondary N) is 1. The Bertz CT molecular complexity index is 346. The summed E-state index contributed by atoms with van der Waals surface area (Å²) in [6.45, 7) is 2.25. The third-order valence-electron chi connectivity index (χ3n) is 3.22. The number of hydrogen-bond acceptors (Lipinski definition) is 2. The molecule has 2 nitrogen and oxygen atoms in total. The zero-order chi connectivity index (χ0) is 11.4. The van der Waals surface area contributed by atoms with E-state index in [4.69, 9.17) is 16.3 Å². The highest BCUT2D eigenvalue weighted by molar-refractivity contribution is 6.32. The Kier molecular flexibility index (Phi) is 4.08. The maximum absolute atomic E-state index is 6.03. The van der Waals surface area contributed by atoms with Crippen molar-refractivity contribution < 1.29 is 4.74 Å². The van der Waals surface area contributed by atoms with Gasteiger partial charge in [-0.25, -0.2) is 0 Å². The van der Waals surface area contributed by atoms with E-state index in [2.05, 4.69) is 17.4 Å². The number of rotatable bonds is 2. The van der Waals surface area contributed by atoms with E-state index in [9.17, 15) is 0 Å². The molecule has 0 radical (unpaired) electrons. The molecule has 0 saturated carbocycles. The highest BCUT2D eigenvalue weighted by Gasteiger charge is 2.15. The molecule has 1 unspecified atom stereocenters. The summed E-state index contributed by atoms with van der Waals surface area (Å²) < 4.78 is 5.26. The van der Waals surface area contributed by atoms with Gasteiger partial charge in [0.2, 0.25) is 0 Å². The fraction of sp³-hybridized carbons (Fsp3) is 0.538. The molecule has 1 heterocycles. The SMILES string of the molecule is COc1cc(C2CCCNCC2)ccc1Cl. The van der Waals surface area contributed by atoms with E-state index in [1.165, 1.54) is 24.8 Å². The molecule has 0 bridgehead atoms. The van der Waals surface area contributed by atoms with Crippen LogP contribution in [0.2, 0.25) is 5.02 Å². The van der Waals surface area contributed by atoms with Crippen LogP contribution in [0.1, 0.15) is 30.7 Å². The van der Waals surface area contributed by atoms with E-state index in [0.29, 0.717) is 10.9 Å².